The van der Waals surface area contributed by atoms with E-state index in [1.165, 1.54) is 24.3 Å². The van der Waals surface area contributed by atoms with Crippen LogP contribution in [0.25, 0.3) is 0 Å². The molecule has 16 heteroatoms. The van der Waals surface area contributed by atoms with Crippen LogP contribution in [0, 0.1) is 0 Å². The van der Waals surface area contributed by atoms with E-state index in [-0.39, 0.29) is 21.6 Å². The Balaban J connectivity index is 1.71. The van der Waals surface area contributed by atoms with Crippen LogP contribution in [0.5, 0.6) is 0 Å². The van der Waals surface area contributed by atoms with Crippen LogP contribution in [0.15, 0.2) is 41.3 Å². The van der Waals surface area contributed by atoms with Gasteiger partial charge in [0.15, 0.2) is 11.0 Å². The molecule has 33 heavy (non-hydrogen) atoms. The summed E-state index contributed by atoms with van der Waals surface area (Å²) in [6.07, 6.45) is -6.45. The molecular formula is C17H12Cl2F4N6O3S. The number of carbonyl (C=O) groups excluding carboxylic acids is 1. The summed E-state index contributed by atoms with van der Waals surface area (Å²) in [4.78, 5) is 12.0. The second kappa shape index (κ2) is 9.89. The number of amides is 1. The summed E-state index contributed by atoms with van der Waals surface area (Å²) in [7, 11) is -4.04. The number of sulfonamides is 1. The Morgan fingerprint density at radius 1 is 1.00 bits per heavy atom. The van der Waals surface area contributed by atoms with Crippen LogP contribution in [-0.4, -0.2) is 34.3 Å². The van der Waals surface area contributed by atoms with Crippen molar-refractivity contribution in [2.24, 2.45) is 0 Å². The van der Waals surface area contributed by atoms with E-state index in [9.17, 15) is 30.8 Å². The summed E-state index contributed by atoms with van der Waals surface area (Å²) in [5.41, 5.74) is -1.97. The first-order chi connectivity index (χ1) is 15.5. The maximum Gasteiger partial charge on any atom is 0.283 e. The second-order valence-electron chi connectivity index (χ2n) is 6.26. The largest absolute Gasteiger partial charge is 0.324 e. The molecule has 0 spiro atoms. The Morgan fingerprint density at radius 2 is 1.67 bits per heavy atom. The predicted molar refractivity (Wildman–Crippen MR) is 110 cm³/mol. The number of aromatic nitrogens is 4. The third kappa shape index (κ3) is 5.89. The Labute approximate surface area is 193 Å². The van der Waals surface area contributed by atoms with Crippen molar-refractivity contribution in [3.63, 3.8) is 0 Å². The fourth-order valence-electron chi connectivity index (χ4n) is 2.56. The first-order valence-electron chi connectivity index (χ1n) is 8.72. The molecule has 2 N–H and O–H groups in total. The van der Waals surface area contributed by atoms with Crippen LogP contribution in [0.1, 0.15) is 24.2 Å². The van der Waals surface area contributed by atoms with Crippen LogP contribution in [0.2, 0.25) is 10.2 Å². The van der Waals surface area contributed by atoms with Gasteiger partial charge in [-0.25, -0.2) is 26.0 Å². The van der Waals surface area contributed by atoms with Crippen molar-refractivity contribution in [3.05, 3.63) is 58.0 Å². The van der Waals surface area contributed by atoms with E-state index in [0.29, 0.717) is 4.68 Å². The number of hydrogen-bond acceptors (Lipinski definition) is 6. The summed E-state index contributed by atoms with van der Waals surface area (Å²) in [6, 6.07) is 7.41. The number of halogens is 6. The minimum Gasteiger partial charge on any atom is -0.324 e. The summed E-state index contributed by atoms with van der Waals surface area (Å²) >= 11 is 11.1. The lowest BCUT2D eigenvalue weighted by Gasteiger charge is -2.10. The van der Waals surface area contributed by atoms with Crippen molar-refractivity contribution in [1.82, 2.24) is 20.0 Å². The van der Waals surface area contributed by atoms with Crippen molar-refractivity contribution < 1.29 is 30.8 Å². The molecule has 3 aromatic rings. The molecular weight excluding hydrogens is 515 g/mol. The highest BCUT2D eigenvalue weighted by Gasteiger charge is 2.28. The summed E-state index contributed by atoms with van der Waals surface area (Å²) < 4.78 is 79.5. The van der Waals surface area contributed by atoms with Gasteiger partial charge in [0.25, 0.3) is 22.9 Å². The molecule has 0 atom stereocenters. The number of hydrogen-bond donors (Lipinski definition) is 2. The van der Waals surface area contributed by atoms with Gasteiger partial charge in [0, 0.05) is 5.69 Å². The highest BCUT2D eigenvalue weighted by atomic mass is 35.5. The summed E-state index contributed by atoms with van der Waals surface area (Å²) in [6.45, 7) is -0.830. The quantitative estimate of drug-likeness (QED) is 0.422. The maximum atomic E-state index is 13.2. The zero-order chi connectivity index (χ0) is 24.3. The van der Waals surface area contributed by atoms with Gasteiger partial charge < -0.3 is 5.32 Å². The lowest BCUT2D eigenvalue weighted by Crippen LogP contribution is -2.21. The van der Waals surface area contributed by atoms with E-state index in [4.69, 9.17) is 23.2 Å². The van der Waals surface area contributed by atoms with Crippen LogP contribution < -0.4 is 10.0 Å². The first-order valence-corrected chi connectivity index (χ1v) is 11.0. The van der Waals surface area contributed by atoms with Gasteiger partial charge in [-0.05, 0) is 36.4 Å². The minimum absolute atomic E-state index is 0.0709. The molecule has 0 aliphatic heterocycles. The van der Waals surface area contributed by atoms with E-state index in [2.05, 4.69) is 25.3 Å². The van der Waals surface area contributed by atoms with Gasteiger partial charge in [-0.1, -0.05) is 23.2 Å². The molecule has 0 fully saturated rings. The van der Waals surface area contributed by atoms with Crippen LogP contribution in [0.3, 0.4) is 0 Å². The van der Waals surface area contributed by atoms with Crippen molar-refractivity contribution in [1.29, 1.82) is 0 Å². The summed E-state index contributed by atoms with van der Waals surface area (Å²) in [5.74, 6) is -0.963. The van der Waals surface area contributed by atoms with Crippen molar-refractivity contribution in [2.75, 3.05) is 10.0 Å². The van der Waals surface area contributed by atoms with Crippen LogP contribution >= 0.6 is 23.2 Å². The van der Waals surface area contributed by atoms with Gasteiger partial charge in [-0.2, -0.15) is 5.10 Å². The number of nitrogens with zero attached hydrogens (tertiary/aromatic N) is 4. The number of alkyl halides is 4. The Morgan fingerprint density at radius 3 is 2.21 bits per heavy atom. The highest BCUT2D eigenvalue weighted by molar-refractivity contribution is 7.92. The standard InChI is InChI=1S/C17H12Cl2F4N6O3S/c18-10-5-6-11(26-25-10)28-33(31,32)9-3-1-8(2-4-9)24-12(30)7-29-15(17(22)23)13(19)14(27-29)16(20)21/h1-6,16-17H,7H2,(H,24,30)(H,26,28). The molecule has 176 valence electrons. The number of benzene rings is 1. The fraction of sp³-hybridized carbons (Fsp3) is 0.176. The second-order valence-corrected chi connectivity index (χ2v) is 8.71. The van der Waals surface area contributed by atoms with Crippen molar-refractivity contribution >= 4 is 50.6 Å². The molecule has 0 bridgehead atoms. The van der Waals surface area contributed by atoms with Crippen molar-refractivity contribution in [3.8, 4) is 0 Å². The molecule has 0 aliphatic carbocycles. The Kier molecular flexibility index (Phi) is 7.39. The molecule has 0 radical (unpaired) electrons. The molecule has 1 aromatic carbocycles. The van der Waals surface area contributed by atoms with Gasteiger partial charge in [-0.3, -0.25) is 14.2 Å². The topological polar surface area (TPSA) is 119 Å². The van der Waals surface area contributed by atoms with E-state index < -0.39 is 51.7 Å². The normalized spacial score (nSPS) is 11.8. The number of nitrogens with one attached hydrogen (secondary N) is 2. The maximum absolute atomic E-state index is 13.2. The van der Waals surface area contributed by atoms with E-state index in [1.54, 1.807) is 0 Å². The molecule has 2 heterocycles. The van der Waals surface area contributed by atoms with Gasteiger partial charge >= 0.3 is 0 Å². The van der Waals surface area contributed by atoms with Gasteiger partial charge in [-0.15, -0.1) is 10.2 Å². The molecule has 0 saturated carbocycles. The van der Waals surface area contributed by atoms with E-state index in [0.717, 1.165) is 12.1 Å². The summed E-state index contributed by atoms with van der Waals surface area (Å²) in [5, 5.41) is 11.9. The van der Waals surface area contributed by atoms with E-state index >= 15 is 0 Å². The molecule has 9 nitrogen and oxygen atoms in total. The SMILES string of the molecule is O=C(Cn1nc(C(F)F)c(Cl)c1C(F)F)Nc1ccc(S(=O)(=O)Nc2ccc(Cl)nn2)cc1. The lowest BCUT2D eigenvalue weighted by atomic mass is 10.3. The number of anilines is 2. The molecule has 3 rings (SSSR count). The average Bonchev–Trinajstić information content (AvgIpc) is 3.06. The highest BCUT2D eigenvalue weighted by Crippen LogP contribution is 2.34. The van der Waals surface area contributed by atoms with Crippen molar-refractivity contribution in [2.45, 2.75) is 24.3 Å². The molecule has 1 amide bonds. The Bertz CT molecular complexity index is 1260. The number of carbonyl (C=O) groups is 1. The molecule has 0 unspecified atom stereocenters. The zero-order valence-corrected chi connectivity index (χ0v) is 18.3. The third-order valence-corrected chi connectivity index (χ3v) is 5.94. The monoisotopic (exact) mass is 526 g/mol. The fourth-order valence-corrected chi connectivity index (χ4v) is 3.96. The molecule has 2 aromatic heterocycles. The molecule has 0 saturated heterocycles. The van der Waals surface area contributed by atoms with E-state index in [1.807, 2.05) is 0 Å². The first kappa shape index (κ1) is 24.7. The average molecular weight is 527 g/mol. The van der Waals surface area contributed by atoms with Crippen LogP contribution in [-0.2, 0) is 21.4 Å². The van der Waals surface area contributed by atoms with Crippen LogP contribution in [0.4, 0.5) is 29.1 Å². The zero-order valence-electron chi connectivity index (χ0n) is 16.0. The lowest BCUT2D eigenvalue weighted by molar-refractivity contribution is -0.117. The third-order valence-electron chi connectivity index (χ3n) is 3.98. The van der Waals surface area contributed by atoms with Gasteiger partial charge in [0.05, 0.1) is 9.92 Å². The predicted octanol–water partition coefficient (Wildman–Crippen LogP) is 4.29. The Hall–Kier alpha value is -2.97. The number of rotatable bonds is 8. The minimum atomic E-state index is -4.04. The van der Waals surface area contributed by atoms with Gasteiger partial charge in [0.2, 0.25) is 5.91 Å². The van der Waals surface area contributed by atoms with Gasteiger partial charge in [0.1, 0.15) is 17.9 Å². The molecule has 0 aliphatic rings. The smallest absolute Gasteiger partial charge is 0.283 e.